The van der Waals surface area contributed by atoms with E-state index in [2.05, 4.69) is 36.5 Å². The fraction of sp³-hybridized carbons (Fsp3) is 0.355. The average molecular weight is 469 g/mol. The lowest BCUT2D eigenvalue weighted by Crippen LogP contribution is -2.53. The minimum Gasteiger partial charge on any atom is -0.352 e. The number of hydrogen-bond acceptors (Lipinski definition) is 2. The molecule has 0 bridgehead atoms. The number of carbonyl (C=O) groups is 2. The second-order valence-electron chi connectivity index (χ2n) is 9.72. The van der Waals surface area contributed by atoms with Crippen LogP contribution in [0.3, 0.4) is 0 Å². The van der Waals surface area contributed by atoms with Crippen LogP contribution in [-0.4, -0.2) is 28.8 Å². The highest BCUT2D eigenvalue weighted by atomic mass is 16.2. The molecule has 1 aliphatic rings. The summed E-state index contributed by atoms with van der Waals surface area (Å²) < 4.78 is 0. The van der Waals surface area contributed by atoms with Crippen molar-refractivity contribution in [1.29, 1.82) is 0 Å². The van der Waals surface area contributed by atoms with E-state index in [1.54, 1.807) is 4.90 Å². The van der Waals surface area contributed by atoms with Gasteiger partial charge in [-0.05, 0) is 36.5 Å². The van der Waals surface area contributed by atoms with Crippen LogP contribution in [-0.2, 0) is 29.0 Å². The average Bonchev–Trinajstić information content (AvgIpc) is 2.89. The lowest BCUT2D eigenvalue weighted by molar-refractivity contribution is -0.141. The van der Waals surface area contributed by atoms with Gasteiger partial charge in [0.15, 0.2) is 0 Å². The maximum absolute atomic E-state index is 13.8. The van der Waals surface area contributed by atoms with Crippen molar-refractivity contribution in [3.63, 3.8) is 0 Å². The number of carbonyl (C=O) groups excluding carboxylic acids is 2. The Hall–Kier alpha value is -3.40. The van der Waals surface area contributed by atoms with Crippen LogP contribution in [0, 0.1) is 6.92 Å². The summed E-state index contributed by atoms with van der Waals surface area (Å²) in [5, 5.41) is 3.30. The molecular weight excluding hydrogens is 432 g/mol. The van der Waals surface area contributed by atoms with Gasteiger partial charge in [-0.1, -0.05) is 110 Å². The van der Waals surface area contributed by atoms with Crippen LogP contribution in [0.4, 0.5) is 0 Å². The zero-order valence-electron chi connectivity index (χ0n) is 20.7. The molecule has 0 aliphatic heterocycles. The lowest BCUT2D eigenvalue weighted by atomic mass is 9.94. The number of aryl methyl sites for hydroxylation is 1. The monoisotopic (exact) mass is 468 g/mol. The van der Waals surface area contributed by atoms with E-state index in [1.807, 2.05) is 60.7 Å². The van der Waals surface area contributed by atoms with Crippen LogP contribution in [0.5, 0.6) is 0 Å². The molecule has 4 heteroatoms. The van der Waals surface area contributed by atoms with Gasteiger partial charge in [0, 0.05) is 19.0 Å². The van der Waals surface area contributed by atoms with Gasteiger partial charge in [0.05, 0.1) is 6.42 Å². The highest BCUT2D eigenvalue weighted by Gasteiger charge is 2.31. The van der Waals surface area contributed by atoms with Crippen LogP contribution in [0.2, 0.25) is 0 Å². The van der Waals surface area contributed by atoms with E-state index in [1.165, 1.54) is 12.0 Å². The molecule has 1 atom stereocenters. The van der Waals surface area contributed by atoms with E-state index >= 15 is 0 Å². The first kappa shape index (κ1) is 24.7. The molecule has 4 nitrogen and oxygen atoms in total. The molecule has 0 heterocycles. The topological polar surface area (TPSA) is 49.4 Å². The molecule has 1 fully saturated rings. The van der Waals surface area contributed by atoms with Crippen LogP contribution >= 0.6 is 0 Å². The summed E-state index contributed by atoms with van der Waals surface area (Å²) in [6, 6.07) is 27.7. The molecule has 3 aromatic rings. The molecule has 1 aliphatic carbocycles. The third-order valence-electron chi connectivity index (χ3n) is 6.89. The van der Waals surface area contributed by atoms with Crippen molar-refractivity contribution in [3.8, 4) is 0 Å². The zero-order valence-corrected chi connectivity index (χ0v) is 20.7. The number of benzene rings is 3. The molecule has 4 rings (SSSR count). The molecule has 0 spiro atoms. The molecule has 3 aromatic carbocycles. The third-order valence-corrected chi connectivity index (χ3v) is 6.89. The quantitative estimate of drug-likeness (QED) is 0.443. The van der Waals surface area contributed by atoms with E-state index in [9.17, 15) is 9.59 Å². The minimum absolute atomic E-state index is 0.0310. The largest absolute Gasteiger partial charge is 0.352 e. The first-order valence-corrected chi connectivity index (χ1v) is 12.8. The second kappa shape index (κ2) is 12.3. The molecule has 0 saturated heterocycles. The normalized spacial score (nSPS) is 14.8. The van der Waals surface area contributed by atoms with Gasteiger partial charge in [-0.3, -0.25) is 9.59 Å². The minimum atomic E-state index is -0.572. The molecule has 1 N–H and O–H groups in total. The molecule has 2 amide bonds. The van der Waals surface area contributed by atoms with Crippen LogP contribution in [0.25, 0.3) is 0 Å². The fourth-order valence-electron chi connectivity index (χ4n) is 4.86. The molecule has 1 saturated carbocycles. The van der Waals surface area contributed by atoms with Gasteiger partial charge in [0.25, 0.3) is 0 Å². The Balaban J connectivity index is 1.63. The number of nitrogens with zero attached hydrogens (tertiary/aromatic N) is 1. The predicted molar refractivity (Wildman–Crippen MR) is 141 cm³/mol. The van der Waals surface area contributed by atoms with E-state index in [-0.39, 0.29) is 24.3 Å². The van der Waals surface area contributed by atoms with Gasteiger partial charge in [0.1, 0.15) is 6.04 Å². The number of rotatable bonds is 9. The van der Waals surface area contributed by atoms with Gasteiger partial charge in [-0.2, -0.15) is 0 Å². The van der Waals surface area contributed by atoms with Gasteiger partial charge >= 0.3 is 0 Å². The van der Waals surface area contributed by atoms with E-state index in [4.69, 9.17) is 0 Å². The summed E-state index contributed by atoms with van der Waals surface area (Å²) in [5.41, 5.74) is 4.21. The molecule has 35 heavy (non-hydrogen) atoms. The fourth-order valence-corrected chi connectivity index (χ4v) is 4.86. The van der Waals surface area contributed by atoms with Crippen molar-refractivity contribution in [2.75, 3.05) is 0 Å². The van der Waals surface area contributed by atoms with Crippen molar-refractivity contribution >= 4 is 11.8 Å². The Labute approximate surface area is 209 Å². The van der Waals surface area contributed by atoms with Crippen molar-refractivity contribution in [1.82, 2.24) is 10.2 Å². The Morgan fingerprint density at radius 3 is 2.03 bits per heavy atom. The Morgan fingerprint density at radius 1 is 0.800 bits per heavy atom. The van der Waals surface area contributed by atoms with Crippen molar-refractivity contribution in [2.45, 2.75) is 70.5 Å². The molecule has 182 valence electrons. The van der Waals surface area contributed by atoms with Gasteiger partial charge in [-0.15, -0.1) is 0 Å². The van der Waals surface area contributed by atoms with Gasteiger partial charge in [0.2, 0.25) is 11.8 Å². The molecule has 1 unspecified atom stereocenters. The molecular formula is C31H36N2O2. The van der Waals surface area contributed by atoms with Gasteiger partial charge < -0.3 is 10.2 Å². The summed E-state index contributed by atoms with van der Waals surface area (Å²) in [6.07, 6.45) is 6.32. The smallest absolute Gasteiger partial charge is 0.243 e. The summed E-state index contributed by atoms with van der Waals surface area (Å²) >= 11 is 0. The van der Waals surface area contributed by atoms with Crippen molar-refractivity contribution in [2.24, 2.45) is 0 Å². The van der Waals surface area contributed by atoms with Crippen molar-refractivity contribution in [3.05, 3.63) is 107 Å². The Bertz CT molecular complexity index is 1070. The predicted octanol–water partition coefficient (Wildman–Crippen LogP) is 5.63. The lowest BCUT2D eigenvalue weighted by Gasteiger charge is -2.33. The van der Waals surface area contributed by atoms with E-state index < -0.39 is 6.04 Å². The van der Waals surface area contributed by atoms with Crippen LogP contribution < -0.4 is 5.32 Å². The Morgan fingerprint density at radius 2 is 1.40 bits per heavy atom. The molecule has 0 radical (unpaired) electrons. The van der Waals surface area contributed by atoms with E-state index in [0.29, 0.717) is 13.0 Å². The highest BCUT2D eigenvalue weighted by Crippen LogP contribution is 2.20. The maximum Gasteiger partial charge on any atom is 0.243 e. The standard InChI is InChI=1S/C31H36N2O2/c1-24-17-19-27(20-18-24)23-33(30(34)22-26-13-7-3-8-14-26)29(21-25-11-5-2-6-12-25)31(35)32-28-15-9-4-10-16-28/h2-3,5-8,11-14,17-20,28-29H,4,9-10,15-16,21-23H2,1H3,(H,32,35). The highest BCUT2D eigenvalue weighted by molar-refractivity contribution is 5.89. The molecule has 0 aromatic heterocycles. The van der Waals surface area contributed by atoms with Gasteiger partial charge in [-0.25, -0.2) is 0 Å². The first-order valence-electron chi connectivity index (χ1n) is 12.8. The van der Waals surface area contributed by atoms with Crippen molar-refractivity contribution < 1.29 is 9.59 Å². The summed E-state index contributed by atoms with van der Waals surface area (Å²) in [4.78, 5) is 29.3. The number of amides is 2. The number of nitrogens with one attached hydrogen (secondary N) is 1. The second-order valence-corrected chi connectivity index (χ2v) is 9.72. The Kier molecular flexibility index (Phi) is 8.72. The third kappa shape index (κ3) is 7.29. The first-order chi connectivity index (χ1) is 17.1. The maximum atomic E-state index is 13.8. The SMILES string of the molecule is Cc1ccc(CN(C(=O)Cc2ccccc2)C(Cc2ccccc2)C(=O)NC2CCCCC2)cc1. The summed E-state index contributed by atoms with van der Waals surface area (Å²) in [6.45, 7) is 2.46. The summed E-state index contributed by atoms with van der Waals surface area (Å²) in [7, 11) is 0. The summed E-state index contributed by atoms with van der Waals surface area (Å²) in [5.74, 6) is -0.0780. The zero-order chi connectivity index (χ0) is 24.5. The number of hydrogen-bond donors (Lipinski definition) is 1. The van der Waals surface area contributed by atoms with Crippen LogP contribution in [0.15, 0.2) is 84.9 Å². The van der Waals surface area contributed by atoms with Crippen LogP contribution in [0.1, 0.15) is 54.4 Å². The van der Waals surface area contributed by atoms with E-state index in [0.717, 1.165) is 42.4 Å².